The van der Waals surface area contributed by atoms with Crippen LogP contribution in [0.5, 0.6) is 0 Å². The van der Waals surface area contributed by atoms with Gasteiger partial charge in [-0.1, -0.05) is 32.0 Å². The standard InChI is InChI=1S/C15H21NO3.Na.H/c1-11(2)8-12(9-14(17)18)10-16-15(19)13-6-4-3-5-7-13;;/h3-7,11-12H,8-10H2,1-2H3,(H,16,19)(H,17,18);;/q;+1;-1. The van der Waals surface area contributed by atoms with Gasteiger partial charge in [0.05, 0.1) is 0 Å². The molecule has 0 heterocycles. The first-order valence-electron chi connectivity index (χ1n) is 6.54. The second kappa shape index (κ2) is 9.97. The molecule has 0 saturated heterocycles. The van der Waals surface area contributed by atoms with E-state index in [1.165, 1.54) is 0 Å². The van der Waals surface area contributed by atoms with E-state index in [2.05, 4.69) is 5.32 Å². The summed E-state index contributed by atoms with van der Waals surface area (Å²) in [6.45, 7) is 4.50. The number of amides is 1. The maximum Gasteiger partial charge on any atom is 1.00 e. The normalized spacial score (nSPS) is 11.6. The SMILES string of the molecule is CC(C)CC(CNC(=O)c1ccccc1)CC(=O)O.[H-].[Na+]. The number of carboxylic acids is 1. The van der Waals surface area contributed by atoms with Crippen LogP contribution >= 0.6 is 0 Å². The van der Waals surface area contributed by atoms with Gasteiger partial charge < -0.3 is 11.8 Å². The zero-order chi connectivity index (χ0) is 14.3. The number of carbonyl (C=O) groups excluding carboxylic acids is 1. The number of rotatable bonds is 7. The Labute approximate surface area is 143 Å². The fourth-order valence-corrected chi connectivity index (χ4v) is 2.08. The number of carbonyl (C=O) groups is 2. The quantitative estimate of drug-likeness (QED) is 0.675. The van der Waals surface area contributed by atoms with Crippen molar-refractivity contribution >= 4 is 11.9 Å². The predicted molar refractivity (Wildman–Crippen MR) is 75.1 cm³/mol. The topological polar surface area (TPSA) is 66.4 Å². The maximum absolute atomic E-state index is 11.9. The van der Waals surface area contributed by atoms with Crippen molar-refractivity contribution in [2.45, 2.75) is 26.7 Å². The number of hydrogen-bond acceptors (Lipinski definition) is 2. The van der Waals surface area contributed by atoms with Crippen LogP contribution in [0.2, 0.25) is 0 Å². The molecule has 0 spiro atoms. The van der Waals surface area contributed by atoms with Crippen LogP contribution in [-0.2, 0) is 4.79 Å². The maximum atomic E-state index is 11.9. The molecule has 1 aromatic rings. The molecular weight excluding hydrogens is 265 g/mol. The fourth-order valence-electron chi connectivity index (χ4n) is 2.08. The Balaban J connectivity index is 0. The van der Waals surface area contributed by atoms with Crippen LogP contribution < -0.4 is 34.9 Å². The van der Waals surface area contributed by atoms with E-state index in [0.29, 0.717) is 18.0 Å². The summed E-state index contributed by atoms with van der Waals surface area (Å²) in [6, 6.07) is 8.94. The average Bonchev–Trinajstić information content (AvgIpc) is 2.35. The van der Waals surface area contributed by atoms with E-state index in [1.807, 2.05) is 19.9 Å². The van der Waals surface area contributed by atoms with Crippen LogP contribution in [0.15, 0.2) is 30.3 Å². The van der Waals surface area contributed by atoms with Crippen LogP contribution in [0.3, 0.4) is 0 Å². The molecule has 2 N–H and O–H groups in total. The van der Waals surface area contributed by atoms with E-state index >= 15 is 0 Å². The smallest absolute Gasteiger partial charge is 1.00 e. The van der Waals surface area contributed by atoms with E-state index < -0.39 is 5.97 Å². The molecule has 20 heavy (non-hydrogen) atoms. The molecule has 1 aromatic carbocycles. The molecule has 1 amide bonds. The van der Waals surface area contributed by atoms with E-state index in [-0.39, 0.29) is 49.2 Å². The summed E-state index contributed by atoms with van der Waals surface area (Å²) < 4.78 is 0. The zero-order valence-corrected chi connectivity index (χ0v) is 14.4. The van der Waals surface area contributed by atoms with Crippen molar-refractivity contribution in [1.82, 2.24) is 5.32 Å². The second-order valence-corrected chi connectivity index (χ2v) is 5.17. The van der Waals surface area contributed by atoms with Crippen molar-refractivity contribution in [3.05, 3.63) is 35.9 Å². The second-order valence-electron chi connectivity index (χ2n) is 5.17. The molecule has 106 valence electrons. The van der Waals surface area contributed by atoms with Crippen molar-refractivity contribution in [3.63, 3.8) is 0 Å². The fraction of sp³-hybridized carbons (Fsp3) is 0.467. The summed E-state index contributed by atoms with van der Waals surface area (Å²) in [6.07, 6.45) is 0.884. The van der Waals surface area contributed by atoms with Gasteiger partial charge in [-0.15, -0.1) is 0 Å². The minimum Gasteiger partial charge on any atom is -1.00 e. The molecule has 0 radical (unpaired) electrons. The molecule has 0 aromatic heterocycles. The van der Waals surface area contributed by atoms with Crippen molar-refractivity contribution in [3.8, 4) is 0 Å². The van der Waals surface area contributed by atoms with Crippen LogP contribution in [0, 0.1) is 11.8 Å². The summed E-state index contributed by atoms with van der Waals surface area (Å²) in [7, 11) is 0. The molecule has 0 aliphatic carbocycles. The molecule has 0 saturated carbocycles. The molecule has 1 atom stereocenters. The van der Waals surface area contributed by atoms with E-state index in [0.717, 1.165) is 6.42 Å². The minimum atomic E-state index is -0.820. The van der Waals surface area contributed by atoms with Gasteiger partial charge in [0.15, 0.2) is 0 Å². The van der Waals surface area contributed by atoms with Crippen LogP contribution in [0.1, 0.15) is 38.5 Å². The molecule has 0 aliphatic rings. The molecule has 0 fully saturated rings. The number of benzene rings is 1. The minimum absolute atomic E-state index is 0. The first-order chi connectivity index (χ1) is 8.99. The van der Waals surface area contributed by atoms with E-state index in [1.54, 1.807) is 24.3 Å². The molecule has 1 unspecified atom stereocenters. The zero-order valence-electron chi connectivity index (χ0n) is 13.4. The average molecular weight is 287 g/mol. The first-order valence-corrected chi connectivity index (χ1v) is 6.54. The van der Waals surface area contributed by atoms with E-state index in [4.69, 9.17) is 5.11 Å². The van der Waals surface area contributed by atoms with Gasteiger partial charge in [0.2, 0.25) is 0 Å². The van der Waals surface area contributed by atoms with Gasteiger partial charge >= 0.3 is 35.5 Å². The molecule has 1 rings (SSSR count). The molecule has 0 aliphatic heterocycles. The Morgan fingerprint density at radius 1 is 1.25 bits per heavy atom. The number of nitrogens with one attached hydrogen (secondary N) is 1. The van der Waals surface area contributed by atoms with Crippen LogP contribution in [0.4, 0.5) is 0 Å². The van der Waals surface area contributed by atoms with Gasteiger partial charge in [-0.2, -0.15) is 0 Å². The van der Waals surface area contributed by atoms with Gasteiger partial charge in [-0.25, -0.2) is 0 Å². The van der Waals surface area contributed by atoms with Crippen molar-refractivity contribution in [1.29, 1.82) is 0 Å². The Bertz CT molecular complexity index is 426. The largest absolute Gasteiger partial charge is 1.00 e. The number of hydrogen-bond donors (Lipinski definition) is 2. The third-order valence-corrected chi connectivity index (χ3v) is 2.86. The Morgan fingerprint density at radius 3 is 2.35 bits per heavy atom. The van der Waals surface area contributed by atoms with Crippen molar-refractivity contribution in [2.24, 2.45) is 11.8 Å². The van der Waals surface area contributed by atoms with Gasteiger partial charge in [0.1, 0.15) is 0 Å². The summed E-state index contributed by atoms with van der Waals surface area (Å²) in [5, 5.41) is 11.7. The van der Waals surface area contributed by atoms with Crippen LogP contribution in [-0.4, -0.2) is 23.5 Å². The van der Waals surface area contributed by atoms with Gasteiger partial charge in [0.25, 0.3) is 5.91 Å². The Hall–Kier alpha value is -0.840. The van der Waals surface area contributed by atoms with Crippen molar-refractivity contribution < 1.29 is 45.7 Å². The summed E-state index contributed by atoms with van der Waals surface area (Å²) in [5.74, 6) is -0.581. The summed E-state index contributed by atoms with van der Waals surface area (Å²) in [5.41, 5.74) is 0.598. The van der Waals surface area contributed by atoms with Gasteiger partial charge in [-0.05, 0) is 30.4 Å². The number of carboxylic acid groups (broad SMARTS) is 1. The molecule has 4 nitrogen and oxygen atoms in total. The van der Waals surface area contributed by atoms with Crippen molar-refractivity contribution in [2.75, 3.05) is 6.54 Å². The molecule has 5 heteroatoms. The van der Waals surface area contributed by atoms with E-state index in [9.17, 15) is 9.59 Å². The third kappa shape index (κ3) is 7.68. The Morgan fingerprint density at radius 2 is 1.85 bits per heavy atom. The number of aliphatic carboxylic acids is 1. The third-order valence-electron chi connectivity index (χ3n) is 2.86. The molecule has 0 bridgehead atoms. The summed E-state index contributed by atoms with van der Waals surface area (Å²) in [4.78, 5) is 22.7. The first kappa shape index (κ1) is 19.2. The molecular formula is C15H22NNaO3. The summed E-state index contributed by atoms with van der Waals surface area (Å²) >= 11 is 0. The predicted octanol–water partition coefficient (Wildman–Crippen LogP) is -0.330. The van der Waals surface area contributed by atoms with Crippen LogP contribution in [0.25, 0.3) is 0 Å². The van der Waals surface area contributed by atoms with Gasteiger partial charge in [0, 0.05) is 18.5 Å². The Kier molecular flexibility index (Phi) is 9.55. The van der Waals surface area contributed by atoms with Gasteiger partial charge in [-0.3, -0.25) is 9.59 Å². The monoisotopic (exact) mass is 287 g/mol.